The van der Waals surface area contributed by atoms with Crippen molar-refractivity contribution in [1.82, 2.24) is 0 Å². The van der Waals surface area contributed by atoms with Crippen LogP contribution in [0.2, 0.25) is 0 Å². The average molecular weight is 419 g/mol. The summed E-state index contributed by atoms with van der Waals surface area (Å²) in [7, 11) is 2.71. The lowest BCUT2D eigenvalue weighted by atomic mass is 10.0. The Kier molecular flexibility index (Phi) is 5.79. The lowest BCUT2D eigenvalue weighted by Crippen LogP contribution is -2.17. The van der Waals surface area contributed by atoms with Gasteiger partial charge in [0.2, 0.25) is 0 Å². The zero-order valence-corrected chi connectivity index (χ0v) is 16.1. The van der Waals surface area contributed by atoms with Gasteiger partial charge < -0.3 is 19.9 Å². The lowest BCUT2D eigenvalue weighted by molar-refractivity contribution is 0.0698. The Balaban J connectivity index is 2.01. The summed E-state index contributed by atoms with van der Waals surface area (Å²) >= 11 is 0.832. The SMILES string of the molecule is COc1ccc(-c2cc(F)c(NC(=O)c3ccsc3C(=O)O)c(F)c2OC)cc1. The molecule has 3 aromatic rings. The molecule has 0 aliphatic carbocycles. The van der Waals surface area contributed by atoms with Gasteiger partial charge in [-0.15, -0.1) is 11.3 Å². The van der Waals surface area contributed by atoms with Gasteiger partial charge in [-0.3, -0.25) is 4.79 Å². The molecule has 0 saturated carbocycles. The number of hydrogen-bond donors (Lipinski definition) is 2. The van der Waals surface area contributed by atoms with E-state index < -0.39 is 29.2 Å². The van der Waals surface area contributed by atoms with Crippen LogP contribution in [0.3, 0.4) is 0 Å². The van der Waals surface area contributed by atoms with Crippen molar-refractivity contribution in [2.45, 2.75) is 0 Å². The van der Waals surface area contributed by atoms with E-state index in [0.29, 0.717) is 11.3 Å². The van der Waals surface area contributed by atoms with Gasteiger partial charge in [0.1, 0.15) is 16.3 Å². The zero-order chi connectivity index (χ0) is 21.1. The fourth-order valence-corrected chi connectivity index (χ4v) is 3.46. The summed E-state index contributed by atoms with van der Waals surface area (Å²) in [6.45, 7) is 0. The lowest BCUT2D eigenvalue weighted by Gasteiger charge is -2.15. The molecule has 1 aromatic heterocycles. The maximum absolute atomic E-state index is 15.0. The van der Waals surface area contributed by atoms with E-state index in [1.807, 2.05) is 0 Å². The smallest absolute Gasteiger partial charge is 0.346 e. The molecule has 0 fully saturated rings. The van der Waals surface area contributed by atoms with E-state index in [0.717, 1.165) is 17.4 Å². The quantitative estimate of drug-likeness (QED) is 0.607. The van der Waals surface area contributed by atoms with Crippen LogP contribution in [0, 0.1) is 11.6 Å². The van der Waals surface area contributed by atoms with Crippen molar-refractivity contribution in [3.05, 3.63) is 63.9 Å². The standard InChI is InChI=1S/C20H15F2NO5S/c1-27-11-5-3-10(4-6-11)13-9-14(21)16(15(22)17(13)28-2)23-19(24)12-7-8-29-18(12)20(25)26/h3-9H,1-2H3,(H,23,24)(H,25,26). The number of carbonyl (C=O) groups excluding carboxylic acids is 1. The molecule has 3 rings (SSSR count). The predicted molar refractivity (Wildman–Crippen MR) is 104 cm³/mol. The van der Waals surface area contributed by atoms with E-state index >= 15 is 0 Å². The molecular weight excluding hydrogens is 404 g/mol. The van der Waals surface area contributed by atoms with E-state index in [-0.39, 0.29) is 21.8 Å². The molecule has 0 aliphatic heterocycles. The van der Waals surface area contributed by atoms with Gasteiger partial charge in [0.15, 0.2) is 17.4 Å². The van der Waals surface area contributed by atoms with Crippen LogP contribution in [-0.2, 0) is 0 Å². The minimum absolute atomic E-state index is 0.143. The van der Waals surface area contributed by atoms with Crippen LogP contribution in [0.4, 0.5) is 14.5 Å². The molecule has 150 valence electrons. The molecule has 29 heavy (non-hydrogen) atoms. The molecule has 2 N–H and O–H groups in total. The number of carbonyl (C=O) groups is 2. The van der Waals surface area contributed by atoms with Gasteiger partial charge in [-0.05, 0) is 35.2 Å². The number of benzene rings is 2. The largest absolute Gasteiger partial charge is 0.497 e. The summed E-state index contributed by atoms with van der Waals surface area (Å²) in [5, 5.41) is 12.6. The number of thiophene rings is 1. The maximum atomic E-state index is 15.0. The Hall–Kier alpha value is -3.46. The molecule has 0 radical (unpaired) electrons. The number of hydrogen-bond acceptors (Lipinski definition) is 5. The van der Waals surface area contributed by atoms with Crippen molar-refractivity contribution in [1.29, 1.82) is 0 Å². The summed E-state index contributed by atoms with van der Waals surface area (Å²) in [6, 6.07) is 8.78. The van der Waals surface area contributed by atoms with Gasteiger partial charge >= 0.3 is 5.97 Å². The van der Waals surface area contributed by atoms with Crippen molar-refractivity contribution in [2.24, 2.45) is 0 Å². The highest BCUT2D eigenvalue weighted by atomic mass is 32.1. The van der Waals surface area contributed by atoms with Crippen LogP contribution in [0.1, 0.15) is 20.0 Å². The van der Waals surface area contributed by atoms with E-state index in [4.69, 9.17) is 14.6 Å². The summed E-state index contributed by atoms with van der Waals surface area (Å²) < 4.78 is 39.8. The highest BCUT2D eigenvalue weighted by Crippen LogP contribution is 2.38. The predicted octanol–water partition coefficient (Wildman–Crippen LogP) is 4.66. The number of rotatable bonds is 6. The van der Waals surface area contributed by atoms with Crippen molar-refractivity contribution in [3.63, 3.8) is 0 Å². The molecule has 6 nitrogen and oxygen atoms in total. The third-order valence-corrected chi connectivity index (χ3v) is 5.02. The summed E-state index contributed by atoms with van der Waals surface area (Å²) in [4.78, 5) is 23.3. The minimum atomic E-state index is -1.31. The third kappa shape index (κ3) is 3.90. The number of halogens is 2. The zero-order valence-electron chi connectivity index (χ0n) is 15.3. The van der Waals surface area contributed by atoms with Crippen molar-refractivity contribution >= 4 is 28.9 Å². The Bertz CT molecular complexity index is 1080. The van der Waals surface area contributed by atoms with Crippen molar-refractivity contribution in [2.75, 3.05) is 19.5 Å². The van der Waals surface area contributed by atoms with Crippen LogP contribution in [0.15, 0.2) is 41.8 Å². The number of nitrogens with one attached hydrogen (secondary N) is 1. The number of aromatic carboxylic acids is 1. The normalized spacial score (nSPS) is 10.5. The third-order valence-electron chi connectivity index (χ3n) is 4.12. The van der Waals surface area contributed by atoms with Crippen LogP contribution >= 0.6 is 11.3 Å². The number of amides is 1. The van der Waals surface area contributed by atoms with Crippen molar-refractivity contribution in [3.8, 4) is 22.6 Å². The number of carboxylic acid groups (broad SMARTS) is 1. The molecule has 1 amide bonds. The molecule has 0 aliphatic rings. The van der Waals surface area contributed by atoms with Gasteiger partial charge in [0.05, 0.1) is 19.8 Å². The summed E-state index contributed by atoms with van der Waals surface area (Å²) in [5.74, 6) is -4.09. The molecule has 0 atom stereocenters. The second-order valence-electron chi connectivity index (χ2n) is 5.78. The Labute approximate surface area is 168 Å². The second-order valence-corrected chi connectivity index (χ2v) is 6.70. The fourth-order valence-electron chi connectivity index (χ4n) is 2.73. The van der Waals surface area contributed by atoms with Crippen LogP contribution in [-0.4, -0.2) is 31.2 Å². The minimum Gasteiger partial charge on any atom is -0.497 e. The molecule has 0 bridgehead atoms. The fraction of sp³-hybridized carbons (Fsp3) is 0.100. The van der Waals surface area contributed by atoms with Crippen LogP contribution < -0.4 is 14.8 Å². The molecule has 2 aromatic carbocycles. The van der Waals surface area contributed by atoms with E-state index in [9.17, 15) is 18.4 Å². The van der Waals surface area contributed by atoms with Crippen LogP contribution in [0.25, 0.3) is 11.1 Å². The molecule has 0 spiro atoms. The molecule has 0 saturated heterocycles. The van der Waals surface area contributed by atoms with Gasteiger partial charge in [-0.1, -0.05) is 12.1 Å². The number of anilines is 1. The molecule has 9 heteroatoms. The average Bonchev–Trinajstić information content (AvgIpc) is 3.21. The highest BCUT2D eigenvalue weighted by Gasteiger charge is 2.24. The first-order valence-electron chi connectivity index (χ1n) is 8.20. The molecule has 0 unspecified atom stereocenters. The van der Waals surface area contributed by atoms with E-state index in [1.165, 1.54) is 25.7 Å². The first kappa shape index (κ1) is 20.3. The highest BCUT2D eigenvalue weighted by molar-refractivity contribution is 7.12. The van der Waals surface area contributed by atoms with E-state index in [1.54, 1.807) is 24.3 Å². The Morgan fingerprint density at radius 1 is 1.07 bits per heavy atom. The van der Waals surface area contributed by atoms with Gasteiger partial charge in [0, 0.05) is 5.56 Å². The first-order valence-corrected chi connectivity index (χ1v) is 9.07. The first-order chi connectivity index (χ1) is 13.9. The molecule has 1 heterocycles. The molecular formula is C20H15F2NO5S. The Morgan fingerprint density at radius 3 is 2.34 bits per heavy atom. The summed E-state index contributed by atoms with van der Waals surface area (Å²) in [6.07, 6.45) is 0. The number of methoxy groups -OCH3 is 2. The van der Waals surface area contributed by atoms with Gasteiger partial charge in [-0.25, -0.2) is 13.6 Å². The van der Waals surface area contributed by atoms with Crippen molar-refractivity contribution < 1.29 is 33.0 Å². The second kappa shape index (κ2) is 8.27. The monoisotopic (exact) mass is 419 g/mol. The maximum Gasteiger partial charge on any atom is 0.346 e. The Morgan fingerprint density at radius 2 is 1.76 bits per heavy atom. The summed E-state index contributed by atoms with van der Waals surface area (Å²) in [5.41, 5.74) is -0.305. The van der Waals surface area contributed by atoms with Crippen LogP contribution in [0.5, 0.6) is 11.5 Å². The van der Waals surface area contributed by atoms with Gasteiger partial charge in [-0.2, -0.15) is 0 Å². The number of carboxylic acids is 1. The van der Waals surface area contributed by atoms with Gasteiger partial charge in [0.25, 0.3) is 5.91 Å². The number of ether oxygens (including phenoxy) is 2. The van der Waals surface area contributed by atoms with E-state index in [2.05, 4.69) is 5.32 Å². The topological polar surface area (TPSA) is 84.9 Å².